The molecular formula is C21H26ClN5O2. The summed E-state index contributed by atoms with van der Waals surface area (Å²) < 4.78 is 5.06. The molecule has 4 rings (SSSR count). The lowest BCUT2D eigenvalue weighted by atomic mass is 9.95. The summed E-state index contributed by atoms with van der Waals surface area (Å²) in [6.07, 6.45) is 1.70. The van der Waals surface area contributed by atoms with Gasteiger partial charge in [0.25, 0.3) is 0 Å². The average Bonchev–Trinajstić information content (AvgIpc) is 2.79. The minimum atomic E-state index is 0.0968. The zero-order chi connectivity index (χ0) is 20.2. The van der Waals surface area contributed by atoms with E-state index in [9.17, 15) is 4.79 Å². The number of benzene rings is 1. The molecule has 1 amide bonds. The number of ether oxygens (including phenoxy) is 1. The van der Waals surface area contributed by atoms with Crippen LogP contribution < -0.4 is 14.5 Å². The Bertz CT molecular complexity index is 814. The van der Waals surface area contributed by atoms with Crippen LogP contribution >= 0.6 is 11.6 Å². The number of carbonyl (C=O) groups is 1. The van der Waals surface area contributed by atoms with Crippen molar-refractivity contribution >= 4 is 29.0 Å². The molecule has 2 aliphatic rings. The van der Waals surface area contributed by atoms with E-state index in [0.29, 0.717) is 11.8 Å². The molecule has 0 aliphatic carbocycles. The Morgan fingerprint density at radius 2 is 1.62 bits per heavy atom. The van der Waals surface area contributed by atoms with Crippen LogP contribution in [0, 0.1) is 5.92 Å². The number of nitrogens with zero attached hydrogens (tertiary/aromatic N) is 5. The molecule has 3 heterocycles. The minimum Gasteiger partial charge on any atom is -0.480 e. The van der Waals surface area contributed by atoms with Crippen molar-refractivity contribution in [1.82, 2.24) is 15.1 Å². The number of halogens is 1. The van der Waals surface area contributed by atoms with E-state index in [4.69, 9.17) is 16.3 Å². The van der Waals surface area contributed by atoms with Gasteiger partial charge >= 0.3 is 0 Å². The highest BCUT2D eigenvalue weighted by atomic mass is 35.5. The first-order valence-electron chi connectivity index (χ1n) is 10.1. The second-order valence-corrected chi connectivity index (χ2v) is 7.92. The van der Waals surface area contributed by atoms with Crippen LogP contribution in [0.4, 0.5) is 11.5 Å². The largest absolute Gasteiger partial charge is 0.480 e. The molecule has 1 aromatic carbocycles. The van der Waals surface area contributed by atoms with Crippen molar-refractivity contribution in [1.29, 1.82) is 0 Å². The number of carbonyl (C=O) groups excluding carboxylic acids is 1. The Morgan fingerprint density at radius 3 is 2.21 bits per heavy atom. The monoisotopic (exact) mass is 415 g/mol. The first kappa shape index (κ1) is 19.8. The molecule has 0 atom stereocenters. The molecule has 1 aromatic heterocycles. The fourth-order valence-electron chi connectivity index (χ4n) is 4.04. The summed E-state index contributed by atoms with van der Waals surface area (Å²) in [6, 6.07) is 11.6. The van der Waals surface area contributed by atoms with Gasteiger partial charge < -0.3 is 19.4 Å². The minimum absolute atomic E-state index is 0.0968. The average molecular weight is 416 g/mol. The van der Waals surface area contributed by atoms with E-state index >= 15 is 0 Å². The van der Waals surface area contributed by atoms with Crippen molar-refractivity contribution in [3.8, 4) is 5.88 Å². The van der Waals surface area contributed by atoms with Crippen molar-refractivity contribution in [3.63, 3.8) is 0 Å². The van der Waals surface area contributed by atoms with Gasteiger partial charge in [-0.1, -0.05) is 11.6 Å². The van der Waals surface area contributed by atoms with Crippen LogP contribution in [0.5, 0.6) is 5.88 Å². The molecule has 0 N–H and O–H groups in total. The lowest BCUT2D eigenvalue weighted by molar-refractivity contribution is -0.136. The van der Waals surface area contributed by atoms with Gasteiger partial charge in [0.2, 0.25) is 11.8 Å². The lowest BCUT2D eigenvalue weighted by Crippen LogP contribution is -2.51. The summed E-state index contributed by atoms with van der Waals surface area (Å²) in [6.45, 7) is 4.89. The highest BCUT2D eigenvalue weighted by Crippen LogP contribution is 2.25. The Labute approximate surface area is 176 Å². The van der Waals surface area contributed by atoms with E-state index < -0.39 is 0 Å². The normalized spacial score (nSPS) is 18.1. The van der Waals surface area contributed by atoms with Crippen molar-refractivity contribution in [2.75, 3.05) is 56.2 Å². The molecule has 2 fully saturated rings. The first-order valence-corrected chi connectivity index (χ1v) is 10.4. The van der Waals surface area contributed by atoms with Crippen LogP contribution in [0.3, 0.4) is 0 Å². The Morgan fingerprint density at radius 1 is 0.931 bits per heavy atom. The van der Waals surface area contributed by atoms with Crippen molar-refractivity contribution in [2.45, 2.75) is 12.8 Å². The number of methoxy groups -OCH3 is 1. The van der Waals surface area contributed by atoms with Gasteiger partial charge in [0.05, 0.1) is 7.11 Å². The molecule has 0 saturated carbocycles. The molecule has 0 radical (unpaired) electrons. The molecule has 2 aromatic rings. The van der Waals surface area contributed by atoms with Gasteiger partial charge in [-0.05, 0) is 43.2 Å². The van der Waals surface area contributed by atoms with Gasteiger partial charge in [0.15, 0.2) is 5.82 Å². The predicted molar refractivity (Wildman–Crippen MR) is 114 cm³/mol. The van der Waals surface area contributed by atoms with E-state index in [1.54, 1.807) is 7.11 Å². The standard InChI is InChI=1S/C21H26ClN5O2/c1-29-20-7-6-19(23-24-20)26-10-8-16(9-11-26)21(28)27-14-12-25(13-15-27)18-4-2-17(22)3-5-18/h2-7,16H,8-15H2,1H3. The van der Waals surface area contributed by atoms with Crippen LogP contribution in [0.15, 0.2) is 36.4 Å². The Balaban J connectivity index is 1.27. The molecule has 154 valence electrons. The summed E-state index contributed by atoms with van der Waals surface area (Å²) >= 11 is 5.98. The van der Waals surface area contributed by atoms with Gasteiger partial charge in [-0.2, -0.15) is 0 Å². The molecule has 2 saturated heterocycles. The van der Waals surface area contributed by atoms with Gasteiger partial charge in [-0.15, -0.1) is 10.2 Å². The molecule has 2 aliphatic heterocycles. The SMILES string of the molecule is COc1ccc(N2CCC(C(=O)N3CCN(c4ccc(Cl)cc4)CC3)CC2)nn1. The Kier molecular flexibility index (Phi) is 6.04. The summed E-state index contributed by atoms with van der Waals surface area (Å²) in [4.78, 5) is 19.5. The molecule has 0 spiro atoms. The van der Waals surface area contributed by atoms with Crippen molar-refractivity contribution in [2.24, 2.45) is 5.92 Å². The third-order valence-electron chi connectivity index (χ3n) is 5.79. The quantitative estimate of drug-likeness (QED) is 0.765. The highest BCUT2D eigenvalue weighted by molar-refractivity contribution is 6.30. The maximum absolute atomic E-state index is 13.0. The van der Waals surface area contributed by atoms with Gasteiger partial charge in [-0.25, -0.2) is 0 Å². The zero-order valence-corrected chi connectivity index (χ0v) is 17.4. The third kappa shape index (κ3) is 4.56. The fourth-order valence-corrected chi connectivity index (χ4v) is 4.17. The van der Waals surface area contributed by atoms with E-state index in [-0.39, 0.29) is 5.92 Å². The van der Waals surface area contributed by atoms with Crippen LogP contribution in [0.25, 0.3) is 0 Å². The molecule has 0 unspecified atom stereocenters. The van der Waals surface area contributed by atoms with E-state index in [0.717, 1.165) is 68.6 Å². The fraction of sp³-hybridized carbons (Fsp3) is 0.476. The summed E-state index contributed by atoms with van der Waals surface area (Å²) in [5.74, 6) is 1.74. The van der Waals surface area contributed by atoms with Crippen LogP contribution in [0.2, 0.25) is 5.02 Å². The molecule has 8 heteroatoms. The topological polar surface area (TPSA) is 61.8 Å². The van der Waals surface area contributed by atoms with Gasteiger partial charge in [-0.3, -0.25) is 4.79 Å². The second-order valence-electron chi connectivity index (χ2n) is 7.48. The second kappa shape index (κ2) is 8.86. The van der Waals surface area contributed by atoms with Gasteiger partial charge in [0.1, 0.15) is 0 Å². The highest BCUT2D eigenvalue weighted by Gasteiger charge is 2.31. The van der Waals surface area contributed by atoms with E-state index in [1.165, 1.54) is 0 Å². The molecule has 7 nitrogen and oxygen atoms in total. The van der Waals surface area contributed by atoms with Gasteiger partial charge in [0, 0.05) is 62.0 Å². The Hall–Kier alpha value is -2.54. The van der Waals surface area contributed by atoms with E-state index in [1.807, 2.05) is 41.3 Å². The van der Waals surface area contributed by atoms with Crippen LogP contribution in [-0.4, -0.2) is 67.4 Å². The third-order valence-corrected chi connectivity index (χ3v) is 6.04. The van der Waals surface area contributed by atoms with E-state index in [2.05, 4.69) is 20.0 Å². The first-order chi connectivity index (χ1) is 14.1. The zero-order valence-electron chi connectivity index (χ0n) is 16.6. The van der Waals surface area contributed by atoms with Crippen LogP contribution in [-0.2, 0) is 4.79 Å². The number of aromatic nitrogens is 2. The van der Waals surface area contributed by atoms with Crippen molar-refractivity contribution < 1.29 is 9.53 Å². The number of hydrogen-bond acceptors (Lipinski definition) is 6. The molecular weight excluding hydrogens is 390 g/mol. The lowest BCUT2D eigenvalue weighted by Gasteiger charge is -2.39. The number of amides is 1. The molecule has 0 bridgehead atoms. The summed E-state index contributed by atoms with van der Waals surface area (Å²) in [5, 5.41) is 9.00. The van der Waals surface area contributed by atoms with Crippen LogP contribution in [0.1, 0.15) is 12.8 Å². The van der Waals surface area contributed by atoms with Crippen molar-refractivity contribution in [3.05, 3.63) is 41.4 Å². The smallest absolute Gasteiger partial charge is 0.233 e. The number of piperazine rings is 1. The maximum atomic E-state index is 13.0. The number of rotatable bonds is 4. The summed E-state index contributed by atoms with van der Waals surface area (Å²) in [5.41, 5.74) is 1.16. The number of anilines is 2. The number of piperidine rings is 1. The predicted octanol–water partition coefficient (Wildman–Crippen LogP) is 2.70. The number of hydrogen-bond donors (Lipinski definition) is 0. The maximum Gasteiger partial charge on any atom is 0.233 e. The molecule has 29 heavy (non-hydrogen) atoms. The summed E-state index contributed by atoms with van der Waals surface area (Å²) in [7, 11) is 1.58.